The van der Waals surface area contributed by atoms with Crippen LogP contribution >= 0.6 is 11.6 Å². The van der Waals surface area contributed by atoms with Gasteiger partial charge in [0.1, 0.15) is 6.10 Å². The Labute approximate surface area is 101 Å². The predicted octanol–water partition coefficient (Wildman–Crippen LogP) is 0.956. The zero-order chi connectivity index (χ0) is 13.4. The number of alkyl halides is 4. The van der Waals surface area contributed by atoms with E-state index in [9.17, 15) is 21.6 Å². The molecule has 5 nitrogen and oxygen atoms in total. The van der Waals surface area contributed by atoms with Gasteiger partial charge in [-0.2, -0.15) is 21.6 Å². The normalized spacial score (nSPS) is 35.9. The summed E-state index contributed by atoms with van der Waals surface area (Å²) in [6, 6.07) is 0. The average molecular weight is 299 g/mol. The molecule has 1 fully saturated rings. The quantitative estimate of drug-likeness (QED) is 0.467. The number of rotatable bonds is 2. The van der Waals surface area contributed by atoms with Gasteiger partial charge in [0.2, 0.25) is 0 Å². The second-order valence-electron chi connectivity index (χ2n) is 3.51. The predicted molar refractivity (Wildman–Crippen MR) is 50.7 cm³/mol. The monoisotopic (exact) mass is 298 g/mol. The molecule has 0 saturated carbocycles. The lowest BCUT2D eigenvalue weighted by Crippen LogP contribution is -2.48. The molecule has 0 aromatic rings. The lowest BCUT2D eigenvalue weighted by atomic mass is 10.1. The van der Waals surface area contributed by atoms with E-state index in [1.165, 1.54) is 6.92 Å². The topological polar surface area (TPSA) is 72.8 Å². The number of aliphatic hydroxyl groups is 1. The minimum Gasteiger partial charge on any atom is -0.368 e. The molecule has 0 radical (unpaired) electrons. The molecule has 0 aromatic heterocycles. The molecule has 1 heterocycles. The highest BCUT2D eigenvalue weighted by atomic mass is 35.5. The van der Waals surface area contributed by atoms with Crippen LogP contribution in [0, 0.1) is 0 Å². The van der Waals surface area contributed by atoms with Gasteiger partial charge in [-0.1, -0.05) is 0 Å². The van der Waals surface area contributed by atoms with E-state index in [4.69, 9.17) is 21.4 Å². The van der Waals surface area contributed by atoms with Crippen LogP contribution in [0.25, 0.3) is 0 Å². The van der Waals surface area contributed by atoms with Crippen molar-refractivity contribution in [1.82, 2.24) is 0 Å². The van der Waals surface area contributed by atoms with E-state index in [1.807, 2.05) is 0 Å². The first-order chi connectivity index (χ1) is 7.54. The van der Waals surface area contributed by atoms with E-state index < -0.39 is 39.5 Å². The molecular weight excluding hydrogens is 289 g/mol. The van der Waals surface area contributed by atoms with Crippen LogP contribution in [0.15, 0.2) is 0 Å². The number of halogens is 4. The highest BCUT2D eigenvalue weighted by molar-refractivity contribution is 7.87. The van der Waals surface area contributed by atoms with E-state index in [2.05, 4.69) is 4.18 Å². The Morgan fingerprint density at radius 3 is 2.41 bits per heavy atom. The maximum Gasteiger partial charge on any atom is 0.523 e. The van der Waals surface area contributed by atoms with Gasteiger partial charge in [0.25, 0.3) is 0 Å². The summed E-state index contributed by atoms with van der Waals surface area (Å²) in [6.45, 7) is 1.26. The summed E-state index contributed by atoms with van der Waals surface area (Å²) in [5.74, 6) is 0. The molecule has 1 rings (SSSR count). The first-order valence-corrected chi connectivity index (χ1v) is 6.36. The van der Waals surface area contributed by atoms with Crippen LogP contribution in [-0.2, 0) is 19.0 Å². The molecule has 1 saturated heterocycles. The van der Waals surface area contributed by atoms with Gasteiger partial charge in [0.05, 0.1) is 11.5 Å². The van der Waals surface area contributed by atoms with Crippen molar-refractivity contribution in [3.63, 3.8) is 0 Å². The van der Waals surface area contributed by atoms with Crippen LogP contribution in [0.4, 0.5) is 13.2 Å². The van der Waals surface area contributed by atoms with E-state index in [-0.39, 0.29) is 6.42 Å². The maximum absolute atomic E-state index is 12.1. The van der Waals surface area contributed by atoms with E-state index in [0.29, 0.717) is 0 Å². The van der Waals surface area contributed by atoms with Crippen LogP contribution in [0.3, 0.4) is 0 Å². The van der Waals surface area contributed by atoms with Gasteiger partial charge in [-0.25, -0.2) is 0 Å². The standard InChI is InChI=1S/C7H10ClF3O5S/c1-3-6(4(8)2-5(12)15-3)16-17(13,14)7(9,10)11/h3-6,12H,2H2,1H3/t3-,4-,5-,6-/m0/s1. The molecule has 0 amide bonds. The first kappa shape index (κ1) is 15.0. The molecule has 1 aliphatic rings. The lowest BCUT2D eigenvalue weighted by molar-refractivity contribution is -0.187. The number of ether oxygens (including phenoxy) is 1. The maximum atomic E-state index is 12.1. The number of hydrogen-bond donors (Lipinski definition) is 1. The fourth-order valence-corrected chi connectivity index (χ4v) is 2.50. The molecule has 4 atom stereocenters. The third-order valence-electron chi connectivity index (χ3n) is 2.14. The molecule has 0 bridgehead atoms. The van der Waals surface area contributed by atoms with E-state index >= 15 is 0 Å². The van der Waals surface area contributed by atoms with Crippen molar-refractivity contribution in [1.29, 1.82) is 0 Å². The Morgan fingerprint density at radius 1 is 1.47 bits per heavy atom. The van der Waals surface area contributed by atoms with Crippen LogP contribution in [0.5, 0.6) is 0 Å². The fourth-order valence-electron chi connectivity index (χ4n) is 1.34. The largest absolute Gasteiger partial charge is 0.523 e. The Hall–Kier alpha value is -0.0900. The Kier molecular flexibility index (Phi) is 4.30. The lowest BCUT2D eigenvalue weighted by Gasteiger charge is -2.34. The van der Waals surface area contributed by atoms with Gasteiger partial charge in [0, 0.05) is 6.42 Å². The van der Waals surface area contributed by atoms with Crippen molar-refractivity contribution in [2.75, 3.05) is 0 Å². The van der Waals surface area contributed by atoms with Gasteiger partial charge in [0.15, 0.2) is 6.29 Å². The van der Waals surface area contributed by atoms with Gasteiger partial charge in [-0.15, -0.1) is 11.6 Å². The zero-order valence-corrected chi connectivity index (χ0v) is 10.1. The third kappa shape index (κ3) is 3.44. The Morgan fingerprint density at radius 2 is 2.00 bits per heavy atom. The summed E-state index contributed by atoms with van der Waals surface area (Å²) in [7, 11) is -5.73. The second kappa shape index (κ2) is 4.88. The smallest absolute Gasteiger partial charge is 0.368 e. The highest BCUT2D eigenvalue weighted by Crippen LogP contribution is 2.32. The third-order valence-corrected chi connectivity index (χ3v) is 3.61. The molecule has 0 aromatic carbocycles. The van der Waals surface area contributed by atoms with Crippen molar-refractivity contribution in [2.45, 2.75) is 42.7 Å². The van der Waals surface area contributed by atoms with Crippen LogP contribution < -0.4 is 0 Å². The summed E-state index contributed by atoms with van der Waals surface area (Å²) in [6.07, 6.45) is -4.03. The van der Waals surface area contributed by atoms with Crippen LogP contribution in [0.1, 0.15) is 13.3 Å². The molecule has 0 spiro atoms. The van der Waals surface area contributed by atoms with Crippen LogP contribution in [0.2, 0.25) is 0 Å². The first-order valence-electron chi connectivity index (χ1n) is 4.52. The molecule has 1 N–H and O–H groups in total. The van der Waals surface area contributed by atoms with Crippen LogP contribution in [-0.4, -0.2) is 42.9 Å². The van der Waals surface area contributed by atoms with Crippen molar-refractivity contribution >= 4 is 21.7 Å². The summed E-state index contributed by atoms with van der Waals surface area (Å²) >= 11 is 5.63. The van der Waals surface area contributed by atoms with Gasteiger partial charge >= 0.3 is 15.6 Å². The van der Waals surface area contributed by atoms with Crippen molar-refractivity contribution in [3.05, 3.63) is 0 Å². The summed E-state index contributed by atoms with van der Waals surface area (Å²) in [4.78, 5) is 0. The number of aliphatic hydroxyl groups excluding tert-OH is 1. The van der Waals surface area contributed by atoms with Gasteiger partial charge in [-0.05, 0) is 6.92 Å². The fraction of sp³-hybridized carbons (Fsp3) is 1.00. The summed E-state index contributed by atoms with van der Waals surface area (Å²) in [5.41, 5.74) is -5.51. The molecule has 0 aliphatic carbocycles. The molecule has 10 heteroatoms. The van der Waals surface area contributed by atoms with Crippen molar-refractivity contribution < 1.29 is 35.6 Å². The minimum atomic E-state index is -5.73. The van der Waals surface area contributed by atoms with Gasteiger partial charge in [-0.3, -0.25) is 4.18 Å². The molecule has 102 valence electrons. The Bertz CT molecular complexity index is 358. The molecule has 17 heavy (non-hydrogen) atoms. The molecule has 0 unspecified atom stereocenters. The van der Waals surface area contributed by atoms with Crippen molar-refractivity contribution in [3.8, 4) is 0 Å². The summed E-state index contributed by atoms with van der Waals surface area (Å²) in [5, 5.41) is 8.00. The number of hydrogen-bond acceptors (Lipinski definition) is 5. The Balaban J connectivity index is 2.81. The average Bonchev–Trinajstić information content (AvgIpc) is 2.09. The van der Waals surface area contributed by atoms with Crippen molar-refractivity contribution in [2.24, 2.45) is 0 Å². The van der Waals surface area contributed by atoms with E-state index in [0.717, 1.165) is 0 Å². The molecular formula is C7H10ClF3O5S. The zero-order valence-electron chi connectivity index (χ0n) is 8.52. The van der Waals surface area contributed by atoms with E-state index in [1.54, 1.807) is 0 Å². The second-order valence-corrected chi connectivity index (χ2v) is 5.63. The minimum absolute atomic E-state index is 0.218. The van der Waals surface area contributed by atoms with Gasteiger partial charge < -0.3 is 9.84 Å². The SMILES string of the molecule is C[C@@H]1O[C@H](O)C[C@H](Cl)[C@H]1OS(=O)(=O)C(F)(F)F. The summed E-state index contributed by atoms with van der Waals surface area (Å²) < 4.78 is 66.5. The molecule has 1 aliphatic heterocycles. The highest BCUT2D eigenvalue weighted by Gasteiger charge is 2.51.